The van der Waals surface area contributed by atoms with E-state index in [-0.39, 0.29) is 5.97 Å². The predicted octanol–water partition coefficient (Wildman–Crippen LogP) is 4.75. The zero-order valence-electron chi connectivity index (χ0n) is 15.6. The summed E-state index contributed by atoms with van der Waals surface area (Å²) in [4.78, 5) is 11.5. The van der Waals surface area contributed by atoms with Crippen LogP contribution in [-0.4, -0.2) is 39.0 Å². The fourth-order valence-corrected chi connectivity index (χ4v) is 2.14. The van der Waals surface area contributed by atoms with Crippen LogP contribution in [0.15, 0.2) is 0 Å². The minimum absolute atomic E-state index is 0.102. The fourth-order valence-electron chi connectivity index (χ4n) is 2.14. The Morgan fingerprint density at radius 2 is 1.43 bits per heavy atom. The van der Waals surface area contributed by atoms with Crippen molar-refractivity contribution < 1.29 is 19.0 Å². The lowest BCUT2D eigenvalue weighted by atomic mass is 10.1. The van der Waals surface area contributed by atoms with Crippen LogP contribution in [-0.2, 0) is 19.0 Å². The van der Waals surface area contributed by atoms with Gasteiger partial charge in [-0.3, -0.25) is 4.79 Å². The van der Waals surface area contributed by atoms with E-state index < -0.39 is 0 Å². The van der Waals surface area contributed by atoms with Gasteiger partial charge in [0.2, 0.25) is 0 Å². The summed E-state index contributed by atoms with van der Waals surface area (Å²) in [5.41, 5.74) is 0. The Morgan fingerprint density at radius 3 is 2.13 bits per heavy atom. The lowest BCUT2D eigenvalue weighted by Gasteiger charge is -2.10. The van der Waals surface area contributed by atoms with Gasteiger partial charge in [-0.05, 0) is 12.3 Å². The summed E-state index contributed by atoms with van der Waals surface area (Å²) in [5.74, 6) is 0.498. The molecule has 1 unspecified atom stereocenters. The summed E-state index contributed by atoms with van der Waals surface area (Å²) < 4.78 is 16.0. The van der Waals surface area contributed by atoms with Crippen molar-refractivity contribution in [3.63, 3.8) is 0 Å². The molecule has 0 N–H and O–H groups in total. The maximum Gasteiger partial charge on any atom is 0.305 e. The maximum atomic E-state index is 11.5. The van der Waals surface area contributed by atoms with Crippen LogP contribution in [0.5, 0.6) is 0 Å². The highest BCUT2D eigenvalue weighted by molar-refractivity contribution is 5.69. The third-order valence-corrected chi connectivity index (χ3v) is 3.95. The van der Waals surface area contributed by atoms with Gasteiger partial charge in [0.1, 0.15) is 6.61 Å². The van der Waals surface area contributed by atoms with E-state index in [4.69, 9.17) is 14.2 Å². The first-order valence-corrected chi connectivity index (χ1v) is 9.51. The Balaban J connectivity index is 3.18. The second-order valence-electron chi connectivity index (χ2n) is 6.29. The SMILES string of the molecule is CCCCCCCCCC(=O)OCCOCCOCC(C)CC. The van der Waals surface area contributed by atoms with Gasteiger partial charge in [-0.15, -0.1) is 0 Å². The van der Waals surface area contributed by atoms with Crippen LogP contribution in [0.4, 0.5) is 0 Å². The molecule has 0 aromatic rings. The molecular weight excluding hydrogens is 292 g/mol. The van der Waals surface area contributed by atoms with Gasteiger partial charge in [0.25, 0.3) is 0 Å². The molecule has 138 valence electrons. The van der Waals surface area contributed by atoms with Crippen molar-refractivity contribution in [2.24, 2.45) is 5.92 Å². The largest absolute Gasteiger partial charge is 0.463 e. The summed E-state index contributed by atoms with van der Waals surface area (Å²) in [6, 6.07) is 0. The Hall–Kier alpha value is -0.610. The average molecular weight is 331 g/mol. The van der Waals surface area contributed by atoms with Crippen molar-refractivity contribution in [3.05, 3.63) is 0 Å². The summed E-state index contributed by atoms with van der Waals surface area (Å²) in [6.07, 6.45) is 10.2. The molecule has 0 spiro atoms. The Morgan fingerprint density at radius 1 is 0.826 bits per heavy atom. The molecule has 4 nitrogen and oxygen atoms in total. The van der Waals surface area contributed by atoms with E-state index in [2.05, 4.69) is 20.8 Å². The van der Waals surface area contributed by atoms with Gasteiger partial charge in [-0.1, -0.05) is 65.7 Å². The molecule has 0 aliphatic rings. The summed E-state index contributed by atoms with van der Waals surface area (Å²) in [7, 11) is 0. The number of esters is 1. The molecular formula is C19H38O4. The molecule has 23 heavy (non-hydrogen) atoms. The molecule has 0 saturated heterocycles. The lowest BCUT2D eigenvalue weighted by Crippen LogP contribution is -2.14. The number of unbranched alkanes of at least 4 members (excludes halogenated alkanes) is 6. The minimum Gasteiger partial charge on any atom is -0.463 e. The third kappa shape index (κ3) is 17.6. The van der Waals surface area contributed by atoms with Crippen molar-refractivity contribution in [1.29, 1.82) is 0 Å². The zero-order chi connectivity index (χ0) is 17.2. The second-order valence-corrected chi connectivity index (χ2v) is 6.29. The molecule has 0 fully saturated rings. The van der Waals surface area contributed by atoms with Crippen LogP contribution in [0.1, 0.15) is 78.6 Å². The van der Waals surface area contributed by atoms with Gasteiger partial charge in [-0.2, -0.15) is 0 Å². The molecule has 0 aromatic heterocycles. The second kappa shape index (κ2) is 17.7. The van der Waals surface area contributed by atoms with Crippen LogP contribution in [0.3, 0.4) is 0 Å². The quantitative estimate of drug-likeness (QED) is 0.285. The Bertz CT molecular complexity index is 256. The number of hydrogen-bond acceptors (Lipinski definition) is 4. The topological polar surface area (TPSA) is 44.8 Å². The number of ether oxygens (including phenoxy) is 3. The molecule has 0 aliphatic heterocycles. The number of rotatable bonds is 17. The first kappa shape index (κ1) is 22.4. The molecule has 0 rings (SSSR count). The van der Waals surface area contributed by atoms with E-state index in [0.717, 1.165) is 25.9 Å². The van der Waals surface area contributed by atoms with E-state index in [0.29, 0.717) is 38.8 Å². The highest BCUT2D eigenvalue weighted by Crippen LogP contribution is 2.08. The lowest BCUT2D eigenvalue weighted by molar-refractivity contribution is -0.145. The zero-order valence-corrected chi connectivity index (χ0v) is 15.6. The standard InChI is InChI=1S/C19H38O4/c1-4-6-7-8-9-10-11-12-19(20)23-16-15-21-13-14-22-17-18(3)5-2/h18H,4-17H2,1-3H3. The molecule has 0 saturated carbocycles. The summed E-state index contributed by atoms with van der Waals surface area (Å²) in [6.45, 7) is 9.31. The van der Waals surface area contributed by atoms with Crippen LogP contribution < -0.4 is 0 Å². The number of hydrogen-bond donors (Lipinski definition) is 0. The van der Waals surface area contributed by atoms with Crippen molar-refractivity contribution in [2.75, 3.05) is 33.0 Å². The highest BCUT2D eigenvalue weighted by Gasteiger charge is 2.02. The van der Waals surface area contributed by atoms with Gasteiger partial charge in [-0.25, -0.2) is 0 Å². The van der Waals surface area contributed by atoms with E-state index in [1.165, 1.54) is 32.1 Å². The summed E-state index contributed by atoms with van der Waals surface area (Å²) >= 11 is 0. The van der Waals surface area contributed by atoms with Crippen LogP contribution >= 0.6 is 0 Å². The van der Waals surface area contributed by atoms with Gasteiger partial charge < -0.3 is 14.2 Å². The Kier molecular flexibility index (Phi) is 17.3. The van der Waals surface area contributed by atoms with Gasteiger partial charge >= 0.3 is 5.97 Å². The van der Waals surface area contributed by atoms with Crippen LogP contribution in [0, 0.1) is 5.92 Å². The van der Waals surface area contributed by atoms with Gasteiger partial charge in [0, 0.05) is 13.0 Å². The molecule has 0 aliphatic carbocycles. The molecule has 0 radical (unpaired) electrons. The normalized spacial score (nSPS) is 12.3. The van der Waals surface area contributed by atoms with Gasteiger partial charge in [0.05, 0.1) is 19.8 Å². The van der Waals surface area contributed by atoms with Crippen LogP contribution in [0.2, 0.25) is 0 Å². The van der Waals surface area contributed by atoms with Crippen molar-refractivity contribution >= 4 is 5.97 Å². The molecule has 4 heteroatoms. The number of carbonyl (C=O) groups excluding carboxylic acids is 1. The third-order valence-electron chi connectivity index (χ3n) is 3.95. The van der Waals surface area contributed by atoms with Crippen molar-refractivity contribution in [2.45, 2.75) is 78.6 Å². The van der Waals surface area contributed by atoms with E-state index in [1.54, 1.807) is 0 Å². The fraction of sp³-hybridized carbons (Fsp3) is 0.947. The van der Waals surface area contributed by atoms with Crippen molar-refractivity contribution in [3.8, 4) is 0 Å². The maximum absolute atomic E-state index is 11.5. The van der Waals surface area contributed by atoms with Crippen molar-refractivity contribution in [1.82, 2.24) is 0 Å². The number of carbonyl (C=O) groups is 1. The molecule has 1 atom stereocenters. The highest BCUT2D eigenvalue weighted by atomic mass is 16.6. The van der Waals surface area contributed by atoms with E-state index in [9.17, 15) is 4.79 Å². The van der Waals surface area contributed by atoms with Crippen LogP contribution in [0.25, 0.3) is 0 Å². The predicted molar refractivity (Wildman–Crippen MR) is 94.7 cm³/mol. The Labute approximate surface area is 143 Å². The molecule has 0 heterocycles. The van der Waals surface area contributed by atoms with Gasteiger partial charge in [0.15, 0.2) is 0 Å². The average Bonchev–Trinajstić information content (AvgIpc) is 2.56. The molecule has 0 bridgehead atoms. The smallest absolute Gasteiger partial charge is 0.305 e. The first-order valence-electron chi connectivity index (χ1n) is 9.51. The molecule has 0 amide bonds. The van der Waals surface area contributed by atoms with E-state index >= 15 is 0 Å². The first-order chi connectivity index (χ1) is 11.2. The summed E-state index contributed by atoms with van der Waals surface area (Å²) in [5, 5.41) is 0. The van der Waals surface area contributed by atoms with E-state index in [1.807, 2.05) is 0 Å². The minimum atomic E-state index is -0.102. The monoisotopic (exact) mass is 330 g/mol. The molecule has 0 aromatic carbocycles.